The van der Waals surface area contributed by atoms with Crippen molar-refractivity contribution in [3.63, 3.8) is 0 Å². The number of aliphatic hydroxyl groups excluding tert-OH is 1. The van der Waals surface area contributed by atoms with E-state index < -0.39 is 5.54 Å². The number of rotatable bonds is 4. The Labute approximate surface area is 112 Å². The zero-order valence-corrected chi connectivity index (χ0v) is 11.6. The number of nitrogens with one attached hydrogen (secondary N) is 1. The van der Waals surface area contributed by atoms with E-state index in [4.69, 9.17) is 16.7 Å². The van der Waals surface area contributed by atoms with Crippen LogP contribution in [0.3, 0.4) is 0 Å². The highest BCUT2D eigenvalue weighted by molar-refractivity contribution is 6.32. The van der Waals surface area contributed by atoms with Crippen molar-refractivity contribution in [1.29, 1.82) is 0 Å². The molecule has 0 aliphatic carbocycles. The van der Waals surface area contributed by atoms with Gasteiger partial charge in [-0.25, -0.2) is 0 Å². The fourth-order valence-corrected chi connectivity index (χ4v) is 1.75. The van der Waals surface area contributed by atoms with Crippen LogP contribution < -0.4 is 5.32 Å². The van der Waals surface area contributed by atoms with E-state index in [2.05, 4.69) is 5.32 Å². The highest BCUT2D eigenvalue weighted by Crippen LogP contribution is 2.22. The first-order chi connectivity index (χ1) is 8.35. The predicted octanol–water partition coefficient (Wildman–Crippen LogP) is 2.63. The summed E-state index contributed by atoms with van der Waals surface area (Å²) in [4.78, 5) is 11.8. The monoisotopic (exact) mass is 267 g/mol. The van der Waals surface area contributed by atoms with Gasteiger partial charge in [-0.1, -0.05) is 29.8 Å². The fourth-order valence-electron chi connectivity index (χ4n) is 1.46. The first-order valence-electron chi connectivity index (χ1n) is 5.72. The average Bonchev–Trinajstić information content (AvgIpc) is 2.28. The molecule has 98 valence electrons. The molecule has 0 heterocycles. The minimum atomic E-state index is -0.631. The van der Waals surface area contributed by atoms with Crippen LogP contribution >= 0.6 is 11.6 Å². The van der Waals surface area contributed by atoms with Crippen LogP contribution in [0.5, 0.6) is 0 Å². The van der Waals surface area contributed by atoms with Crippen LogP contribution in [0.4, 0.5) is 0 Å². The van der Waals surface area contributed by atoms with Gasteiger partial charge < -0.3 is 10.4 Å². The minimum absolute atomic E-state index is 0.113. The van der Waals surface area contributed by atoms with Gasteiger partial charge in [-0.05, 0) is 38.0 Å². The molecule has 0 unspecified atom stereocenters. The van der Waals surface area contributed by atoms with E-state index in [0.717, 1.165) is 11.1 Å². The quantitative estimate of drug-likeness (QED) is 0.824. The molecule has 2 N–H and O–H groups in total. The van der Waals surface area contributed by atoms with Crippen molar-refractivity contribution in [2.24, 2.45) is 0 Å². The third-order valence-corrected chi connectivity index (χ3v) is 2.83. The number of carbonyl (C=O) groups is 1. The van der Waals surface area contributed by atoms with Crippen molar-refractivity contribution >= 4 is 23.1 Å². The van der Waals surface area contributed by atoms with Gasteiger partial charge in [-0.15, -0.1) is 0 Å². The molecule has 0 radical (unpaired) electrons. The van der Waals surface area contributed by atoms with Gasteiger partial charge in [-0.2, -0.15) is 0 Å². The Morgan fingerprint density at radius 2 is 2.06 bits per heavy atom. The van der Waals surface area contributed by atoms with Gasteiger partial charge in [0, 0.05) is 11.1 Å². The summed E-state index contributed by atoms with van der Waals surface area (Å²) >= 11 is 6.05. The molecular weight excluding hydrogens is 250 g/mol. The maximum atomic E-state index is 11.8. The second-order valence-corrected chi connectivity index (χ2v) is 5.25. The molecule has 0 saturated carbocycles. The van der Waals surface area contributed by atoms with Crippen molar-refractivity contribution < 1.29 is 9.90 Å². The van der Waals surface area contributed by atoms with Crippen molar-refractivity contribution in [3.05, 3.63) is 40.9 Å². The van der Waals surface area contributed by atoms with Crippen molar-refractivity contribution in [2.75, 3.05) is 6.61 Å². The lowest BCUT2D eigenvalue weighted by atomic mass is 10.1. The van der Waals surface area contributed by atoms with Gasteiger partial charge in [-0.3, -0.25) is 4.79 Å². The Kier molecular flexibility index (Phi) is 4.93. The zero-order valence-electron chi connectivity index (χ0n) is 10.8. The number of aliphatic hydroxyl groups is 1. The smallest absolute Gasteiger partial charge is 0.244 e. The Hall–Kier alpha value is -1.32. The lowest BCUT2D eigenvalue weighted by Crippen LogP contribution is -2.45. The third-order valence-electron chi connectivity index (χ3n) is 2.50. The molecule has 0 aliphatic rings. The van der Waals surface area contributed by atoms with E-state index in [-0.39, 0.29) is 12.5 Å². The summed E-state index contributed by atoms with van der Waals surface area (Å²) in [5.74, 6) is -0.244. The maximum Gasteiger partial charge on any atom is 0.244 e. The number of halogens is 1. The molecule has 0 aromatic heterocycles. The molecule has 18 heavy (non-hydrogen) atoms. The molecule has 0 aliphatic heterocycles. The highest BCUT2D eigenvalue weighted by Gasteiger charge is 2.18. The summed E-state index contributed by atoms with van der Waals surface area (Å²) in [7, 11) is 0. The lowest BCUT2D eigenvalue weighted by molar-refractivity contribution is -0.118. The molecule has 1 aromatic rings. The lowest BCUT2D eigenvalue weighted by Gasteiger charge is -2.22. The summed E-state index contributed by atoms with van der Waals surface area (Å²) < 4.78 is 0. The topological polar surface area (TPSA) is 49.3 Å². The maximum absolute atomic E-state index is 11.8. The molecular formula is C14H18ClNO2. The first kappa shape index (κ1) is 14.7. The Morgan fingerprint density at radius 1 is 1.44 bits per heavy atom. The van der Waals surface area contributed by atoms with Crippen molar-refractivity contribution in [1.82, 2.24) is 5.32 Å². The number of hydrogen-bond donors (Lipinski definition) is 2. The Bertz CT molecular complexity index is 467. The second kappa shape index (κ2) is 6.03. The third kappa shape index (κ3) is 4.17. The number of allylic oxidation sites excluding steroid dienone is 1. The second-order valence-electron chi connectivity index (χ2n) is 4.84. The predicted molar refractivity (Wildman–Crippen MR) is 74.4 cm³/mol. The highest BCUT2D eigenvalue weighted by atomic mass is 35.5. The number of hydrogen-bond acceptors (Lipinski definition) is 2. The fraction of sp³-hybridized carbons (Fsp3) is 0.357. The Balaban J connectivity index is 2.85. The summed E-state index contributed by atoms with van der Waals surface area (Å²) in [6.45, 7) is 5.22. The van der Waals surface area contributed by atoms with Crippen LogP contribution in [0, 0.1) is 0 Å². The van der Waals surface area contributed by atoms with E-state index >= 15 is 0 Å². The van der Waals surface area contributed by atoms with Gasteiger partial charge in [0.2, 0.25) is 5.91 Å². The molecule has 3 nitrogen and oxygen atoms in total. The first-order valence-corrected chi connectivity index (χ1v) is 6.10. The number of carbonyl (C=O) groups excluding carboxylic acids is 1. The van der Waals surface area contributed by atoms with Crippen LogP contribution in [0.1, 0.15) is 26.3 Å². The summed E-state index contributed by atoms with van der Waals surface area (Å²) in [6, 6.07) is 7.35. The zero-order chi connectivity index (χ0) is 13.8. The van der Waals surface area contributed by atoms with Crippen molar-refractivity contribution in [2.45, 2.75) is 26.3 Å². The summed E-state index contributed by atoms with van der Waals surface area (Å²) in [6.07, 6.45) is 1.48. The number of amides is 1. The molecule has 1 rings (SSSR count). The molecule has 0 atom stereocenters. The molecule has 0 fully saturated rings. The van der Waals surface area contributed by atoms with Crippen LogP contribution in [-0.2, 0) is 4.79 Å². The van der Waals surface area contributed by atoms with E-state index in [0.29, 0.717) is 5.02 Å². The average molecular weight is 268 g/mol. The SMILES string of the molecule is C/C(=C/C(=O)NC(C)(C)CO)c1ccccc1Cl. The van der Waals surface area contributed by atoms with Crippen LogP contribution in [0.15, 0.2) is 30.3 Å². The van der Waals surface area contributed by atoms with Gasteiger partial charge in [0.1, 0.15) is 0 Å². The van der Waals surface area contributed by atoms with Crippen molar-refractivity contribution in [3.8, 4) is 0 Å². The summed E-state index contributed by atoms with van der Waals surface area (Å²) in [5, 5.41) is 12.4. The van der Waals surface area contributed by atoms with Crippen LogP contribution in [0.25, 0.3) is 5.57 Å². The molecule has 0 spiro atoms. The van der Waals surface area contributed by atoms with Crippen LogP contribution in [-0.4, -0.2) is 23.2 Å². The van der Waals surface area contributed by atoms with Crippen LogP contribution in [0.2, 0.25) is 5.02 Å². The molecule has 0 saturated heterocycles. The number of benzene rings is 1. The normalized spacial score (nSPS) is 12.4. The van der Waals surface area contributed by atoms with E-state index in [1.807, 2.05) is 25.1 Å². The molecule has 4 heteroatoms. The van der Waals surface area contributed by atoms with E-state index in [1.54, 1.807) is 19.9 Å². The minimum Gasteiger partial charge on any atom is -0.394 e. The van der Waals surface area contributed by atoms with Gasteiger partial charge in [0.15, 0.2) is 0 Å². The Morgan fingerprint density at radius 3 is 2.61 bits per heavy atom. The van der Waals surface area contributed by atoms with Gasteiger partial charge in [0.25, 0.3) is 0 Å². The van der Waals surface area contributed by atoms with Gasteiger partial charge in [0.05, 0.1) is 12.1 Å². The molecule has 1 amide bonds. The van der Waals surface area contributed by atoms with Gasteiger partial charge >= 0.3 is 0 Å². The standard InChI is InChI=1S/C14H18ClNO2/c1-10(11-6-4-5-7-12(11)15)8-13(18)16-14(2,3)9-17/h4-8,17H,9H2,1-3H3,(H,16,18)/b10-8-. The molecule has 1 aromatic carbocycles. The summed E-state index contributed by atoms with van der Waals surface area (Å²) in [5.41, 5.74) is 0.983. The van der Waals surface area contributed by atoms with E-state index in [1.165, 1.54) is 6.08 Å². The van der Waals surface area contributed by atoms with E-state index in [9.17, 15) is 4.79 Å². The largest absolute Gasteiger partial charge is 0.394 e. The molecule has 0 bridgehead atoms.